The molecule has 2 aliphatic rings. The van der Waals surface area contributed by atoms with Crippen LogP contribution < -0.4 is 10.4 Å². The first-order valence-corrected chi connectivity index (χ1v) is 16.5. The first kappa shape index (κ1) is 30.4. The molecular formula is C34H43NO6Si. The van der Waals surface area contributed by atoms with Crippen molar-refractivity contribution in [3.05, 3.63) is 96.6 Å². The molecule has 0 aromatic heterocycles. The molecule has 7 nitrogen and oxygen atoms in total. The quantitative estimate of drug-likeness (QED) is 0.168. The Hall–Kier alpha value is -3.01. The molecule has 3 aromatic rings. The molecule has 224 valence electrons. The van der Waals surface area contributed by atoms with Gasteiger partial charge < -0.3 is 23.4 Å². The van der Waals surface area contributed by atoms with E-state index in [0.717, 1.165) is 5.56 Å². The lowest BCUT2D eigenvalue weighted by molar-refractivity contribution is -0.168. The number of carbonyl (C=O) groups excluding carboxylic acids is 1. The summed E-state index contributed by atoms with van der Waals surface area (Å²) in [4.78, 5) is 14.9. The van der Waals surface area contributed by atoms with Crippen molar-refractivity contribution < 1.29 is 28.2 Å². The molecule has 0 radical (unpaired) electrons. The molecule has 2 aliphatic heterocycles. The zero-order valence-corrected chi connectivity index (χ0v) is 26.5. The van der Waals surface area contributed by atoms with Crippen molar-refractivity contribution in [2.45, 2.75) is 76.7 Å². The van der Waals surface area contributed by atoms with Gasteiger partial charge in [0.05, 0.1) is 19.8 Å². The number of ether oxygens (including phenoxy) is 4. The Morgan fingerprint density at radius 2 is 1.45 bits per heavy atom. The molecule has 0 unspecified atom stereocenters. The van der Waals surface area contributed by atoms with Crippen LogP contribution in [0.15, 0.2) is 91.0 Å². The third-order valence-electron chi connectivity index (χ3n) is 8.62. The second-order valence-corrected chi connectivity index (χ2v) is 17.1. The lowest BCUT2D eigenvalue weighted by atomic mass is 9.90. The van der Waals surface area contributed by atoms with Crippen LogP contribution >= 0.6 is 0 Å². The highest BCUT2D eigenvalue weighted by Crippen LogP contribution is 2.44. The maximum atomic E-state index is 13.2. The number of nitrogens with zero attached hydrogens (tertiary/aromatic N) is 1. The van der Waals surface area contributed by atoms with Gasteiger partial charge in [-0.2, -0.15) is 0 Å². The van der Waals surface area contributed by atoms with Gasteiger partial charge in [0, 0.05) is 0 Å². The van der Waals surface area contributed by atoms with Crippen molar-refractivity contribution in [2.75, 3.05) is 20.0 Å². The molecule has 5 rings (SSSR count). The second-order valence-electron chi connectivity index (χ2n) is 12.8. The van der Waals surface area contributed by atoms with Crippen molar-refractivity contribution >= 4 is 24.8 Å². The van der Waals surface area contributed by atoms with E-state index >= 15 is 0 Å². The molecule has 1 amide bonds. The summed E-state index contributed by atoms with van der Waals surface area (Å²) >= 11 is 0. The number of rotatable bonds is 11. The maximum absolute atomic E-state index is 13.2. The van der Waals surface area contributed by atoms with Crippen LogP contribution in [0.5, 0.6) is 0 Å². The molecule has 42 heavy (non-hydrogen) atoms. The molecule has 0 saturated carbocycles. The summed E-state index contributed by atoms with van der Waals surface area (Å²) in [7, 11) is -2.88. The molecular weight excluding hydrogens is 546 g/mol. The standard InChI is InChI=1S/C34H43NO6Si/c1-32(2,3)42(27-18-12-8-13-19-27,28-20-14-9-15-21-28)40-24-30(38-25-37-22-26-16-10-7-11-17-26)34(6)29-23-39-33(4,5)35(29)31(36)41-34/h7-21,29-30H,22-25H2,1-6H3/t29-,30+,34-/m1/s1. The fourth-order valence-corrected chi connectivity index (χ4v) is 10.9. The highest BCUT2D eigenvalue weighted by atomic mass is 28.4. The van der Waals surface area contributed by atoms with E-state index in [2.05, 4.69) is 69.3 Å². The van der Waals surface area contributed by atoms with E-state index in [1.165, 1.54) is 10.4 Å². The Morgan fingerprint density at radius 1 is 0.905 bits per heavy atom. The van der Waals surface area contributed by atoms with E-state index in [-0.39, 0.29) is 24.5 Å². The van der Waals surface area contributed by atoms with Gasteiger partial charge >= 0.3 is 6.09 Å². The number of hydrogen-bond acceptors (Lipinski definition) is 6. The summed E-state index contributed by atoms with van der Waals surface area (Å²) in [6.07, 6.45) is -1.03. The average Bonchev–Trinajstić information content (AvgIpc) is 3.45. The van der Waals surface area contributed by atoms with Crippen molar-refractivity contribution in [3.8, 4) is 0 Å². The Morgan fingerprint density at radius 3 is 2.00 bits per heavy atom. The monoisotopic (exact) mass is 589 g/mol. The summed E-state index contributed by atoms with van der Waals surface area (Å²) < 4.78 is 31.9. The van der Waals surface area contributed by atoms with Crippen LogP contribution in [-0.4, -0.2) is 62.8 Å². The zero-order chi connectivity index (χ0) is 30.0. The first-order valence-electron chi connectivity index (χ1n) is 14.6. The Labute approximate surface area is 250 Å². The summed E-state index contributed by atoms with van der Waals surface area (Å²) in [5, 5.41) is 2.12. The van der Waals surface area contributed by atoms with Crippen molar-refractivity contribution in [2.24, 2.45) is 0 Å². The summed E-state index contributed by atoms with van der Waals surface area (Å²) in [5.74, 6) is 0. The number of benzene rings is 3. The molecule has 2 saturated heterocycles. The smallest absolute Gasteiger partial charge is 0.413 e. The average molecular weight is 590 g/mol. The SMILES string of the molecule is CC1(C)OC[C@H]2N1C(=O)O[C@@]2(C)[C@H](CO[Si](c1ccccc1)(c1ccccc1)C(C)(C)C)OCOCc1ccccc1. The highest BCUT2D eigenvalue weighted by Gasteiger charge is 2.64. The van der Waals surface area contributed by atoms with Gasteiger partial charge in [-0.05, 0) is 41.7 Å². The molecule has 2 heterocycles. The number of fused-ring (bicyclic) bond motifs is 1. The lowest BCUT2D eigenvalue weighted by Crippen LogP contribution is -2.68. The molecule has 3 atom stereocenters. The van der Waals surface area contributed by atoms with Crippen molar-refractivity contribution in [1.82, 2.24) is 4.90 Å². The predicted molar refractivity (Wildman–Crippen MR) is 165 cm³/mol. The minimum Gasteiger partial charge on any atom is -0.438 e. The van der Waals surface area contributed by atoms with Gasteiger partial charge in [-0.15, -0.1) is 0 Å². The van der Waals surface area contributed by atoms with E-state index in [1.54, 1.807) is 4.90 Å². The van der Waals surface area contributed by atoms with E-state index in [0.29, 0.717) is 13.2 Å². The number of hydrogen-bond donors (Lipinski definition) is 0. The third-order valence-corrected chi connectivity index (χ3v) is 13.6. The summed E-state index contributed by atoms with van der Waals surface area (Å²) in [5.41, 5.74) is -0.740. The number of carbonyl (C=O) groups is 1. The topological polar surface area (TPSA) is 66.5 Å². The van der Waals surface area contributed by atoms with Crippen LogP contribution in [-0.2, 0) is 30.0 Å². The van der Waals surface area contributed by atoms with Gasteiger partial charge in [-0.3, -0.25) is 4.90 Å². The van der Waals surface area contributed by atoms with Gasteiger partial charge in [-0.1, -0.05) is 112 Å². The normalized spacial score (nSPS) is 22.6. The Bertz CT molecular complexity index is 1290. The minimum absolute atomic E-state index is 0.0216. The van der Waals surface area contributed by atoms with Crippen LogP contribution in [0.4, 0.5) is 4.79 Å². The summed E-state index contributed by atoms with van der Waals surface area (Å²) in [6.45, 7) is 13.4. The highest BCUT2D eigenvalue weighted by molar-refractivity contribution is 6.99. The van der Waals surface area contributed by atoms with Gasteiger partial charge in [0.25, 0.3) is 8.32 Å². The first-order chi connectivity index (χ1) is 20.0. The predicted octanol–water partition coefficient (Wildman–Crippen LogP) is 5.47. The van der Waals surface area contributed by atoms with Crippen LogP contribution in [0.2, 0.25) is 5.04 Å². The molecule has 0 spiro atoms. The van der Waals surface area contributed by atoms with E-state index in [4.69, 9.17) is 23.4 Å². The van der Waals surface area contributed by atoms with Crippen LogP contribution in [0, 0.1) is 0 Å². The third kappa shape index (κ3) is 5.66. The molecule has 0 N–H and O–H groups in total. The lowest BCUT2D eigenvalue weighted by Gasteiger charge is -2.45. The molecule has 2 fully saturated rings. The minimum atomic E-state index is -2.88. The van der Waals surface area contributed by atoms with E-state index in [1.807, 2.05) is 63.2 Å². The van der Waals surface area contributed by atoms with Gasteiger partial charge in [0.1, 0.15) is 24.7 Å². The van der Waals surface area contributed by atoms with Crippen LogP contribution in [0.3, 0.4) is 0 Å². The Balaban J connectivity index is 1.48. The van der Waals surface area contributed by atoms with Gasteiger partial charge in [0.2, 0.25) is 0 Å². The molecule has 3 aromatic carbocycles. The number of cyclic esters (lactones) is 1. The second kappa shape index (κ2) is 11.9. The largest absolute Gasteiger partial charge is 0.438 e. The maximum Gasteiger partial charge on any atom is 0.413 e. The zero-order valence-electron chi connectivity index (χ0n) is 25.5. The molecule has 8 heteroatoms. The molecule has 0 aliphatic carbocycles. The van der Waals surface area contributed by atoms with Crippen LogP contribution in [0.1, 0.15) is 47.1 Å². The summed E-state index contributed by atoms with van der Waals surface area (Å²) in [6, 6.07) is 30.6. The van der Waals surface area contributed by atoms with Gasteiger partial charge in [0.15, 0.2) is 5.60 Å². The molecule has 0 bridgehead atoms. The fraction of sp³-hybridized carbons (Fsp3) is 0.441. The Kier molecular flexibility index (Phi) is 8.65. The van der Waals surface area contributed by atoms with E-state index in [9.17, 15) is 4.79 Å². The van der Waals surface area contributed by atoms with Crippen molar-refractivity contribution in [3.63, 3.8) is 0 Å². The van der Waals surface area contributed by atoms with Crippen LogP contribution in [0.25, 0.3) is 0 Å². The number of amides is 1. The van der Waals surface area contributed by atoms with E-state index < -0.39 is 31.8 Å². The fourth-order valence-electron chi connectivity index (χ4n) is 6.36. The van der Waals surface area contributed by atoms with Crippen molar-refractivity contribution in [1.29, 1.82) is 0 Å². The van der Waals surface area contributed by atoms with Gasteiger partial charge in [-0.25, -0.2) is 4.79 Å².